The van der Waals surface area contributed by atoms with Gasteiger partial charge in [-0.2, -0.15) is 0 Å². The Morgan fingerprint density at radius 3 is 2.73 bits per heavy atom. The molecule has 1 saturated carbocycles. The third kappa shape index (κ3) is 5.63. The maximum absolute atomic E-state index is 13.1. The average molecular weight is 505 g/mol. The number of nitrogens with zero attached hydrogens (tertiary/aromatic N) is 2. The van der Waals surface area contributed by atoms with E-state index in [0.29, 0.717) is 44.5 Å². The molecule has 7 nitrogen and oxygen atoms in total. The molecule has 0 unspecified atom stereocenters. The number of rotatable bonds is 7. The molecule has 2 aliphatic rings. The number of benzene rings is 2. The van der Waals surface area contributed by atoms with Gasteiger partial charge >= 0.3 is 5.97 Å². The van der Waals surface area contributed by atoms with Gasteiger partial charge in [-0.1, -0.05) is 30.3 Å². The van der Waals surface area contributed by atoms with Gasteiger partial charge in [-0.15, -0.1) is 6.58 Å². The number of amides is 1. The lowest BCUT2D eigenvalue weighted by Crippen LogP contribution is -2.67. The zero-order valence-corrected chi connectivity index (χ0v) is 21.6. The van der Waals surface area contributed by atoms with E-state index in [-0.39, 0.29) is 17.7 Å². The zero-order chi connectivity index (χ0) is 26.6. The fourth-order valence-corrected chi connectivity index (χ4v) is 6.02. The molecule has 2 fully saturated rings. The van der Waals surface area contributed by atoms with Gasteiger partial charge in [-0.25, -0.2) is 0 Å². The van der Waals surface area contributed by atoms with E-state index in [2.05, 4.69) is 11.5 Å². The Bertz CT molecular complexity index is 1190. The van der Waals surface area contributed by atoms with Gasteiger partial charge in [0.25, 0.3) is 0 Å². The third-order valence-electron chi connectivity index (χ3n) is 7.93. The number of likely N-dealkylation sites (N-methyl/N-ethyl adjacent to an activating group) is 1. The van der Waals surface area contributed by atoms with Crippen molar-refractivity contribution in [2.75, 3.05) is 26.7 Å². The molecule has 2 aromatic carbocycles. The Morgan fingerprint density at radius 2 is 2.00 bits per heavy atom. The van der Waals surface area contributed by atoms with Crippen molar-refractivity contribution in [2.24, 2.45) is 0 Å². The number of aliphatic hydroxyl groups is 1. The van der Waals surface area contributed by atoms with Crippen molar-refractivity contribution in [2.45, 2.75) is 49.7 Å². The summed E-state index contributed by atoms with van der Waals surface area (Å²) in [5, 5.41) is 21.8. The summed E-state index contributed by atoms with van der Waals surface area (Å²) in [6.07, 6.45) is 7.59. The van der Waals surface area contributed by atoms with Crippen LogP contribution in [-0.4, -0.2) is 70.2 Å². The van der Waals surface area contributed by atoms with Crippen LogP contribution >= 0.6 is 0 Å². The molecular weight excluding hydrogens is 468 g/mol. The fourth-order valence-electron chi connectivity index (χ4n) is 6.02. The Morgan fingerprint density at radius 1 is 1.22 bits per heavy atom. The first-order valence-electron chi connectivity index (χ1n) is 12.7. The summed E-state index contributed by atoms with van der Waals surface area (Å²) in [7, 11) is 1.81. The molecule has 0 radical (unpaired) electrons. The van der Waals surface area contributed by atoms with E-state index in [1.54, 1.807) is 42.3 Å². The smallest absolute Gasteiger partial charge is 0.308 e. The predicted molar refractivity (Wildman–Crippen MR) is 143 cm³/mol. The molecule has 3 atom stereocenters. The summed E-state index contributed by atoms with van der Waals surface area (Å²) >= 11 is 0. The summed E-state index contributed by atoms with van der Waals surface area (Å²) < 4.78 is 5.37. The maximum Gasteiger partial charge on any atom is 0.308 e. The molecule has 1 aliphatic carbocycles. The number of likely N-dealkylation sites (tertiary alicyclic amines) is 1. The number of carbonyl (C=O) groups is 2. The van der Waals surface area contributed by atoms with E-state index in [1.807, 2.05) is 30.3 Å². The third-order valence-corrected chi connectivity index (χ3v) is 7.93. The topological polar surface area (TPSA) is 90.3 Å². The van der Waals surface area contributed by atoms with Gasteiger partial charge in [0.15, 0.2) is 0 Å². The van der Waals surface area contributed by atoms with E-state index in [4.69, 9.17) is 4.74 Å². The van der Waals surface area contributed by atoms with Gasteiger partial charge in [-0.3, -0.25) is 14.5 Å². The summed E-state index contributed by atoms with van der Waals surface area (Å²) in [4.78, 5) is 28.7. The molecule has 1 saturated heterocycles. The van der Waals surface area contributed by atoms with E-state index in [9.17, 15) is 19.8 Å². The minimum absolute atomic E-state index is 0.0788. The van der Waals surface area contributed by atoms with Crippen LogP contribution in [0.1, 0.15) is 43.7 Å². The number of fused-ring (bicyclic) bond motifs is 1. The highest BCUT2D eigenvalue weighted by atomic mass is 16.5. The van der Waals surface area contributed by atoms with Crippen LogP contribution in [0.5, 0.6) is 11.5 Å². The average Bonchev–Trinajstić information content (AvgIpc) is 2.86. The van der Waals surface area contributed by atoms with Crippen molar-refractivity contribution in [1.29, 1.82) is 0 Å². The van der Waals surface area contributed by atoms with Crippen LogP contribution in [0.4, 0.5) is 0 Å². The normalized spacial score (nSPS) is 25.9. The molecule has 0 aromatic heterocycles. The van der Waals surface area contributed by atoms with Gasteiger partial charge in [0.2, 0.25) is 5.91 Å². The lowest BCUT2D eigenvalue weighted by atomic mass is 9.55. The van der Waals surface area contributed by atoms with Crippen LogP contribution < -0.4 is 4.74 Å². The van der Waals surface area contributed by atoms with Gasteiger partial charge in [0.05, 0.1) is 5.60 Å². The Labute approximate surface area is 218 Å². The molecule has 37 heavy (non-hydrogen) atoms. The molecule has 2 N–H and O–H groups in total. The molecular formula is C30H36N2O5. The molecule has 4 rings (SSSR count). The molecule has 1 amide bonds. The highest BCUT2D eigenvalue weighted by molar-refractivity contribution is 5.91. The molecule has 1 heterocycles. The second kappa shape index (κ2) is 10.9. The number of aromatic hydroxyl groups is 1. The first-order chi connectivity index (χ1) is 17.7. The first-order valence-corrected chi connectivity index (χ1v) is 12.7. The fraction of sp³-hybridized carbons (Fsp3) is 0.400. The van der Waals surface area contributed by atoms with Gasteiger partial charge in [0, 0.05) is 44.6 Å². The van der Waals surface area contributed by atoms with Crippen molar-refractivity contribution in [3.05, 3.63) is 78.4 Å². The van der Waals surface area contributed by atoms with Crippen LogP contribution in [0.25, 0.3) is 6.08 Å². The largest absolute Gasteiger partial charge is 0.508 e. The van der Waals surface area contributed by atoms with Gasteiger partial charge in [-0.05, 0) is 73.7 Å². The Kier molecular flexibility index (Phi) is 7.85. The van der Waals surface area contributed by atoms with Crippen LogP contribution in [0, 0.1) is 0 Å². The number of piperidine rings is 1. The lowest BCUT2D eigenvalue weighted by Gasteiger charge is -2.59. The van der Waals surface area contributed by atoms with Gasteiger partial charge in [0.1, 0.15) is 11.5 Å². The zero-order valence-electron chi connectivity index (χ0n) is 21.6. The molecule has 0 spiro atoms. The number of β-amino-alcohol motifs (C(OH)–C–C–N with tert-alkyl or cyclic N) is 1. The van der Waals surface area contributed by atoms with Gasteiger partial charge < -0.3 is 19.8 Å². The highest BCUT2D eigenvalue weighted by Gasteiger charge is 2.58. The van der Waals surface area contributed by atoms with E-state index < -0.39 is 17.0 Å². The number of phenols is 1. The van der Waals surface area contributed by atoms with Crippen LogP contribution in [0.3, 0.4) is 0 Å². The number of carbonyl (C=O) groups excluding carboxylic acids is 2. The maximum atomic E-state index is 13.1. The van der Waals surface area contributed by atoms with Crippen molar-refractivity contribution < 1.29 is 24.5 Å². The second-order valence-corrected chi connectivity index (χ2v) is 10.3. The lowest BCUT2D eigenvalue weighted by molar-refractivity contribution is -0.143. The summed E-state index contributed by atoms with van der Waals surface area (Å²) in [5.41, 5.74) is 0.0645. The van der Waals surface area contributed by atoms with Crippen LogP contribution in [-0.2, 0) is 15.0 Å². The van der Waals surface area contributed by atoms with Crippen molar-refractivity contribution >= 4 is 18.0 Å². The van der Waals surface area contributed by atoms with E-state index >= 15 is 0 Å². The minimum Gasteiger partial charge on any atom is -0.508 e. The monoisotopic (exact) mass is 504 g/mol. The molecule has 2 aromatic rings. The van der Waals surface area contributed by atoms with Crippen molar-refractivity contribution in [1.82, 2.24) is 9.80 Å². The summed E-state index contributed by atoms with van der Waals surface area (Å²) in [6, 6.07) is 14.1. The predicted octanol–water partition coefficient (Wildman–Crippen LogP) is 3.90. The van der Waals surface area contributed by atoms with Crippen LogP contribution in [0.15, 0.2) is 67.3 Å². The van der Waals surface area contributed by atoms with Crippen molar-refractivity contribution in [3.63, 3.8) is 0 Å². The summed E-state index contributed by atoms with van der Waals surface area (Å²) in [5.74, 6) is 0.0777. The second-order valence-electron chi connectivity index (χ2n) is 10.3. The number of esters is 1. The molecule has 7 heteroatoms. The van der Waals surface area contributed by atoms with Crippen LogP contribution in [0.2, 0.25) is 0 Å². The quantitative estimate of drug-likeness (QED) is 0.257. The SMILES string of the molecule is C=CCN1CC[C@@]2(c3cccc(OC(C)=O)c3)C[C@@H](N(C)C(=O)C=Cc3cccc(O)c3)CC[C@]2(O)C1. The minimum atomic E-state index is -0.999. The number of phenolic OH excluding ortho intramolecular Hbond substituents is 1. The van der Waals surface area contributed by atoms with E-state index in [1.165, 1.54) is 13.0 Å². The Balaban J connectivity index is 1.63. The van der Waals surface area contributed by atoms with Crippen molar-refractivity contribution in [3.8, 4) is 11.5 Å². The van der Waals surface area contributed by atoms with E-state index in [0.717, 1.165) is 17.7 Å². The number of ether oxygens (including phenoxy) is 1. The number of hydrogen-bond acceptors (Lipinski definition) is 6. The highest BCUT2D eigenvalue weighted by Crippen LogP contribution is 2.52. The Hall–Kier alpha value is -3.42. The molecule has 0 bridgehead atoms. The molecule has 196 valence electrons. The molecule has 1 aliphatic heterocycles. The standard InChI is InChI=1S/C30H36N2O5/c1-4-16-32-17-15-29(24-8-6-10-27(19-24)37-22(2)33)20-25(13-14-30(29,36)21-32)31(3)28(35)12-11-23-7-5-9-26(34)18-23/h4-12,18-19,25,34,36H,1,13-17,20-21H2,2-3H3/t25-,29-,30-/m0/s1. The first kappa shape index (κ1) is 26.6. The summed E-state index contributed by atoms with van der Waals surface area (Å²) in [6.45, 7) is 7.23. The number of hydrogen-bond donors (Lipinski definition) is 2.